The van der Waals surface area contributed by atoms with E-state index in [1.807, 2.05) is 44.3 Å². The summed E-state index contributed by atoms with van der Waals surface area (Å²) < 4.78 is 1.66. The summed E-state index contributed by atoms with van der Waals surface area (Å²) >= 11 is 0. The zero-order valence-corrected chi connectivity index (χ0v) is 15.4. The molecule has 1 heterocycles. The summed E-state index contributed by atoms with van der Waals surface area (Å²) in [6, 6.07) is 6.63. The van der Waals surface area contributed by atoms with Crippen LogP contribution in [0, 0.1) is 13.8 Å². The standard InChI is InChI=1S/C20H25N3O3/c1-12-5-4-6-16(13(12)2)18(11-19(24)25)21-20(26)14(3)23-10-9-17(22-23)15-7-8-15/h4-6,9-10,14-15,18H,7-8,11H2,1-3H3,(H,21,26)(H,24,25). The number of aromatic nitrogens is 2. The predicted molar refractivity (Wildman–Crippen MR) is 98.0 cm³/mol. The normalized spacial score (nSPS) is 16.1. The lowest BCUT2D eigenvalue weighted by atomic mass is 9.95. The Morgan fingerprint density at radius 1 is 1.31 bits per heavy atom. The minimum atomic E-state index is -0.945. The number of carboxylic acid groups (broad SMARTS) is 1. The van der Waals surface area contributed by atoms with Gasteiger partial charge in [0, 0.05) is 12.1 Å². The number of carbonyl (C=O) groups excluding carboxylic acids is 1. The molecule has 6 nitrogen and oxygen atoms in total. The quantitative estimate of drug-likeness (QED) is 0.798. The Bertz CT molecular complexity index is 823. The van der Waals surface area contributed by atoms with E-state index in [0.29, 0.717) is 5.92 Å². The van der Waals surface area contributed by atoms with E-state index in [9.17, 15) is 14.7 Å². The maximum atomic E-state index is 12.7. The molecule has 26 heavy (non-hydrogen) atoms. The van der Waals surface area contributed by atoms with Crippen LogP contribution in [0.5, 0.6) is 0 Å². The number of carbonyl (C=O) groups is 2. The molecule has 0 aliphatic heterocycles. The summed E-state index contributed by atoms with van der Waals surface area (Å²) in [5.74, 6) is -0.650. The second kappa shape index (κ2) is 7.32. The van der Waals surface area contributed by atoms with E-state index in [2.05, 4.69) is 10.4 Å². The number of amides is 1. The minimum Gasteiger partial charge on any atom is -0.481 e. The van der Waals surface area contributed by atoms with Gasteiger partial charge in [-0.1, -0.05) is 18.2 Å². The van der Waals surface area contributed by atoms with Crippen molar-refractivity contribution in [3.63, 3.8) is 0 Å². The highest BCUT2D eigenvalue weighted by Crippen LogP contribution is 2.39. The van der Waals surface area contributed by atoms with E-state index in [0.717, 1.165) is 35.2 Å². The molecule has 2 unspecified atom stereocenters. The van der Waals surface area contributed by atoms with Gasteiger partial charge in [0.15, 0.2) is 0 Å². The van der Waals surface area contributed by atoms with Crippen molar-refractivity contribution in [2.24, 2.45) is 0 Å². The molecule has 0 radical (unpaired) electrons. The SMILES string of the molecule is Cc1cccc(C(CC(=O)O)NC(=O)C(C)n2ccc(C3CC3)n2)c1C. The van der Waals surface area contributed by atoms with Crippen LogP contribution < -0.4 is 5.32 Å². The average Bonchev–Trinajstić information content (AvgIpc) is 3.33. The summed E-state index contributed by atoms with van der Waals surface area (Å²) in [5.41, 5.74) is 3.94. The molecule has 0 saturated heterocycles. The maximum Gasteiger partial charge on any atom is 0.305 e. The van der Waals surface area contributed by atoms with Gasteiger partial charge in [0.25, 0.3) is 0 Å². The fourth-order valence-corrected chi connectivity index (χ4v) is 3.14. The van der Waals surface area contributed by atoms with Gasteiger partial charge in [-0.2, -0.15) is 5.10 Å². The van der Waals surface area contributed by atoms with Crippen LogP contribution in [0.3, 0.4) is 0 Å². The van der Waals surface area contributed by atoms with Crippen LogP contribution in [0.2, 0.25) is 0 Å². The number of carboxylic acids is 1. The molecule has 2 aromatic rings. The van der Waals surface area contributed by atoms with E-state index < -0.39 is 18.1 Å². The average molecular weight is 355 g/mol. The highest BCUT2D eigenvalue weighted by molar-refractivity contribution is 5.81. The second-order valence-electron chi connectivity index (χ2n) is 7.12. The molecule has 6 heteroatoms. The van der Waals surface area contributed by atoms with E-state index in [4.69, 9.17) is 0 Å². The van der Waals surface area contributed by atoms with Gasteiger partial charge in [0.05, 0.1) is 18.2 Å². The molecule has 1 aliphatic rings. The molecule has 1 fully saturated rings. The molecular formula is C20H25N3O3. The van der Waals surface area contributed by atoms with Crippen LogP contribution in [0.4, 0.5) is 0 Å². The van der Waals surface area contributed by atoms with Crippen molar-refractivity contribution in [3.8, 4) is 0 Å². The third-order valence-corrected chi connectivity index (χ3v) is 5.12. The van der Waals surface area contributed by atoms with E-state index >= 15 is 0 Å². The summed E-state index contributed by atoms with van der Waals surface area (Å²) in [6.45, 7) is 5.70. The molecule has 1 aromatic heterocycles. The Balaban J connectivity index is 1.77. The van der Waals surface area contributed by atoms with Crippen molar-refractivity contribution in [3.05, 3.63) is 52.8 Å². The number of benzene rings is 1. The molecule has 0 bridgehead atoms. The number of rotatable bonds is 7. The lowest BCUT2D eigenvalue weighted by Crippen LogP contribution is -2.35. The summed E-state index contributed by atoms with van der Waals surface area (Å²) in [6.07, 6.45) is 3.98. The molecule has 0 spiro atoms. The monoisotopic (exact) mass is 355 g/mol. The highest BCUT2D eigenvalue weighted by atomic mass is 16.4. The molecule has 138 valence electrons. The molecule has 1 aromatic carbocycles. The van der Waals surface area contributed by atoms with E-state index in [-0.39, 0.29) is 12.3 Å². The van der Waals surface area contributed by atoms with Crippen LogP contribution in [0.15, 0.2) is 30.5 Å². The van der Waals surface area contributed by atoms with Crippen molar-refractivity contribution in [2.45, 2.75) is 58.0 Å². The Hall–Kier alpha value is -2.63. The van der Waals surface area contributed by atoms with Crippen LogP contribution in [0.25, 0.3) is 0 Å². The van der Waals surface area contributed by atoms with Gasteiger partial charge >= 0.3 is 5.97 Å². The number of hydrogen-bond acceptors (Lipinski definition) is 3. The molecule has 1 saturated carbocycles. The largest absolute Gasteiger partial charge is 0.481 e. The van der Waals surface area contributed by atoms with Crippen molar-refractivity contribution < 1.29 is 14.7 Å². The van der Waals surface area contributed by atoms with Gasteiger partial charge in [-0.3, -0.25) is 14.3 Å². The Morgan fingerprint density at radius 3 is 2.69 bits per heavy atom. The van der Waals surface area contributed by atoms with Crippen molar-refractivity contribution in [1.29, 1.82) is 0 Å². The summed E-state index contributed by atoms with van der Waals surface area (Å²) in [7, 11) is 0. The molecule has 2 N–H and O–H groups in total. The second-order valence-corrected chi connectivity index (χ2v) is 7.12. The van der Waals surface area contributed by atoms with Crippen molar-refractivity contribution in [1.82, 2.24) is 15.1 Å². The van der Waals surface area contributed by atoms with Gasteiger partial charge in [-0.05, 0) is 56.4 Å². The van der Waals surface area contributed by atoms with Gasteiger partial charge in [0.2, 0.25) is 5.91 Å². The molecule has 2 atom stereocenters. The predicted octanol–water partition coefficient (Wildman–Crippen LogP) is 3.27. The maximum absolute atomic E-state index is 12.7. The lowest BCUT2D eigenvalue weighted by Gasteiger charge is -2.22. The van der Waals surface area contributed by atoms with Gasteiger partial charge in [0.1, 0.15) is 6.04 Å². The van der Waals surface area contributed by atoms with Crippen molar-refractivity contribution >= 4 is 11.9 Å². The van der Waals surface area contributed by atoms with Crippen molar-refractivity contribution in [2.75, 3.05) is 0 Å². The van der Waals surface area contributed by atoms with Crippen LogP contribution in [-0.4, -0.2) is 26.8 Å². The first-order valence-electron chi connectivity index (χ1n) is 9.00. The Morgan fingerprint density at radius 2 is 2.04 bits per heavy atom. The van der Waals surface area contributed by atoms with E-state index in [1.54, 1.807) is 11.6 Å². The van der Waals surface area contributed by atoms with Crippen LogP contribution in [0.1, 0.15) is 66.6 Å². The highest BCUT2D eigenvalue weighted by Gasteiger charge is 2.28. The van der Waals surface area contributed by atoms with Gasteiger partial charge in [-0.25, -0.2) is 0 Å². The fraction of sp³-hybridized carbons (Fsp3) is 0.450. The summed E-state index contributed by atoms with van der Waals surface area (Å²) in [4.78, 5) is 24.1. The van der Waals surface area contributed by atoms with Gasteiger partial charge in [-0.15, -0.1) is 0 Å². The van der Waals surface area contributed by atoms with Crippen LogP contribution in [-0.2, 0) is 9.59 Å². The molecular weight excluding hydrogens is 330 g/mol. The lowest BCUT2D eigenvalue weighted by molar-refractivity contribution is -0.137. The molecule has 1 amide bonds. The number of hydrogen-bond donors (Lipinski definition) is 2. The first kappa shape index (κ1) is 18.2. The molecule has 1 aliphatic carbocycles. The smallest absolute Gasteiger partial charge is 0.305 e. The molecule has 3 rings (SSSR count). The van der Waals surface area contributed by atoms with Gasteiger partial charge < -0.3 is 10.4 Å². The number of aliphatic carboxylic acids is 1. The first-order valence-corrected chi connectivity index (χ1v) is 9.00. The summed E-state index contributed by atoms with van der Waals surface area (Å²) in [5, 5.41) is 16.7. The Kier molecular flexibility index (Phi) is 5.11. The van der Waals surface area contributed by atoms with Crippen LogP contribution >= 0.6 is 0 Å². The topological polar surface area (TPSA) is 84.2 Å². The number of aryl methyl sites for hydroxylation is 1. The third-order valence-electron chi connectivity index (χ3n) is 5.12. The Labute approximate surface area is 153 Å². The number of nitrogens with zero attached hydrogens (tertiary/aromatic N) is 2. The minimum absolute atomic E-state index is 0.158. The zero-order valence-electron chi connectivity index (χ0n) is 15.4. The number of nitrogens with one attached hydrogen (secondary N) is 1. The third kappa shape index (κ3) is 3.95. The van der Waals surface area contributed by atoms with E-state index in [1.165, 1.54) is 0 Å². The zero-order chi connectivity index (χ0) is 18.8. The fourth-order valence-electron chi connectivity index (χ4n) is 3.14. The first-order chi connectivity index (χ1) is 12.4.